The van der Waals surface area contributed by atoms with Gasteiger partial charge in [-0.2, -0.15) is 0 Å². The lowest BCUT2D eigenvalue weighted by atomic mass is 9.86. The second-order valence-corrected chi connectivity index (χ2v) is 6.47. The Morgan fingerprint density at radius 3 is 1.83 bits per heavy atom. The molecule has 0 N–H and O–H groups in total. The number of carbonyl (C=O) groups is 1. The number of nitrogens with zero attached hydrogens (tertiary/aromatic N) is 1. The molecule has 0 bridgehead atoms. The molecule has 0 radical (unpaired) electrons. The normalized spacial score (nSPS) is 12.6. The van der Waals surface area contributed by atoms with E-state index in [1.54, 1.807) is 0 Å². The summed E-state index contributed by atoms with van der Waals surface area (Å²) in [7, 11) is 4.12. The van der Waals surface area contributed by atoms with Crippen molar-refractivity contribution in [2.45, 2.75) is 38.1 Å². The molecule has 0 saturated carbocycles. The largest absolute Gasteiger partial charge is 0.307 e. The Balaban J connectivity index is 2.08. The Morgan fingerprint density at radius 2 is 1.39 bits per heavy atom. The van der Waals surface area contributed by atoms with Gasteiger partial charge < -0.3 is 4.90 Å². The molecule has 2 nitrogen and oxygen atoms in total. The van der Waals surface area contributed by atoms with Gasteiger partial charge in [0.15, 0.2) is 0 Å². The lowest BCUT2D eigenvalue weighted by Gasteiger charge is -2.20. The molecule has 0 heterocycles. The third-order valence-corrected chi connectivity index (χ3v) is 4.56. The fourth-order valence-electron chi connectivity index (χ4n) is 2.76. The highest BCUT2D eigenvalue weighted by Gasteiger charge is 2.18. The number of carbonyl (C=O) groups excluding carboxylic acids is 1. The van der Waals surface area contributed by atoms with E-state index < -0.39 is 0 Å². The summed E-state index contributed by atoms with van der Waals surface area (Å²) in [6.45, 7) is 2.17. The number of rotatable bonds is 8. The topological polar surface area (TPSA) is 20.3 Å². The van der Waals surface area contributed by atoms with Gasteiger partial charge >= 0.3 is 0 Å². The van der Waals surface area contributed by atoms with Crippen LogP contribution in [0.4, 0.5) is 0 Å². The highest BCUT2D eigenvalue weighted by atomic mass is 16.1. The van der Waals surface area contributed by atoms with Crippen LogP contribution in [0.2, 0.25) is 0 Å². The fraction of sp³-hybridized carbons (Fsp3) is 0.381. The Bertz CT molecular complexity index is 552. The number of hydrogen-bond acceptors (Lipinski definition) is 2. The predicted octanol–water partition coefficient (Wildman–Crippen LogP) is 4.51. The summed E-state index contributed by atoms with van der Waals surface area (Å²) in [5.41, 5.74) is 2.43. The molecule has 2 aromatic rings. The molecule has 1 unspecified atom stereocenters. The fourth-order valence-corrected chi connectivity index (χ4v) is 2.76. The van der Waals surface area contributed by atoms with Gasteiger partial charge in [0, 0.05) is 24.8 Å². The van der Waals surface area contributed by atoms with Crippen LogP contribution in [0.3, 0.4) is 0 Å². The van der Waals surface area contributed by atoms with Crippen molar-refractivity contribution in [3.8, 4) is 0 Å². The molecule has 0 aromatic heterocycles. The Kier molecular flexibility index (Phi) is 6.54. The van der Waals surface area contributed by atoms with Crippen LogP contribution >= 0.6 is 0 Å². The zero-order valence-corrected chi connectivity index (χ0v) is 14.4. The Hall–Kier alpha value is -1.93. The number of benzene rings is 2. The molecule has 0 aliphatic heterocycles. The van der Waals surface area contributed by atoms with E-state index in [2.05, 4.69) is 50.2 Å². The summed E-state index contributed by atoms with van der Waals surface area (Å²) in [6.07, 6.45) is 2.14. The van der Waals surface area contributed by atoms with Crippen molar-refractivity contribution >= 4 is 5.78 Å². The van der Waals surface area contributed by atoms with Gasteiger partial charge in [-0.1, -0.05) is 60.7 Å². The zero-order valence-electron chi connectivity index (χ0n) is 14.4. The summed E-state index contributed by atoms with van der Waals surface area (Å²) in [4.78, 5) is 14.7. The van der Waals surface area contributed by atoms with Crippen LogP contribution in [0.25, 0.3) is 0 Å². The van der Waals surface area contributed by atoms with Gasteiger partial charge in [-0.25, -0.2) is 0 Å². The minimum absolute atomic E-state index is 0.152. The second kappa shape index (κ2) is 8.64. The lowest BCUT2D eigenvalue weighted by molar-refractivity contribution is -0.119. The monoisotopic (exact) mass is 309 g/mol. The predicted molar refractivity (Wildman–Crippen MR) is 96.7 cm³/mol. The van der Waals surface area contributed by atoms with Crippen molar-refractivity contribution in [1.29, 1.82) is 0 Å². The van der Waals surface area contributed by atoms with E-state index >= 15 is 0 Å². The minimum atomic E-state index is 0.152. The molecule has 0 amide bonds. The molecular formula is C21H27NO. The van der Waals surface area contributed by atoms with Crippen LogP contribution in [0.5, 0.6) is 0 Å². The molecule has 122 valence electrons. The molecule has 2 rings (SSSR count). The van der Waals surface area contributed by atoms with Crippen molar-refractivity contribution < 1.29 is 4.79 Å². The molecular weight excluding hydrogens is 282 g/mol. The van der Waals surface area contributed by atoms with E-state index in [4.69, 9.17) is 0 Å². The average molecular weight is 309 g/mol. The van der Waals surface area contributed by atoms with Crippen LogP contribution in [0.15, 0.2) is 60.7 Å². The molecule has 0 saturated heterocycles. The summed E-state index contributed by atoms with van der Waals surface area (Å²) < 4.78 is 0. The molecule has 0 fully saturated rings. The first-order valence-electron chi connectivity index (χ1n) is 8.36. The van der Waals surface area contributed by atoms with Crippen LogP contribution in [0.1, 0.15) is 43.2 Å². The summed E-state index contributed by atoms with van der Waals surface area (Å²) in [5.74, 6) is 0.496. The highest BCUT2D eigenvalue weighted by Crippen LogP contribution is 2.28. The first kappa shape index (κ1) is 17.4. The summed E-state index contributed by atoms with van der Waals surface area (Å²) >= 11 is 0. The van der Waals surface area contributed by atoms with Crippen LogP contribution in [-0.4, -0.2) is 30.8 Å². The standard InChI is InChI=1S/C21H27NO/c1-17(22(2)3)14-15-20(23)16-21(18-10-6-4-7-11-18)19-12-8-5-9-13-19/h4-13,17,21H,14-16H2,1-3H3. The van der Waals surface area contributed by atoms with E-state index in [0.717, 1.165) is 6.42 Å². The maximum atomic E-state index is 12.5. The molecule has 23 heavy (non-hydrogen) atoms. The highest BCUT2D eigenvalue weighted by molar-refractivity contribution is 5.80. The van der Waals surface area contributed by atoms with E-state index in [9.17, 15) is 4.79 Å². The molecule has 0 aliphatic rings. The lowest BCUT2D eigenvalue weighted by Crippen LogP contribution is -2.25. The van der Waals surface area contributed by atoms with Crippen molar-refractivity contribution in [1.82, 2.24) is 4.90 Å². The van der Waals surface area contributed by atoms with E-state index in [1.165, 1.54) is 11.1 Å². The summed E-state index contributed by atoms with van der Waals surface area (Å²) in [5, 5.41) is 0. The van der Waals surface area contributed by atoms with Crippen molar-refractivity contribution in [2.75, 3.05) is 14.1 Å². The van der Waals surface area contributed by atoms with Crippen molar-refractivity contribution in [2.24, 2.45) is 0 Å². The Labute approximate surface area is 140 Å². The first-order valence-corrected chi connectivity index (χ1v) is 8.36. The van der Waals surface area contributed by atoms with Gasteiger partial charge in [-0.15, -0.1) is 0 Å². The molecule has 2 heteroatoms. The second-order valence-electron chi connectivity index (χ2n) is 6.47. The van der Waals surface area contributed by atoms with Crippen LogP contribution in [0, 0.1) is 0 Å². The smallest absolute Gasteiger partial charge is 0.133 e. The number of ketones is 1. The van der Waals surface area contributed by atoms with Crippen molar-refractivity contribution in [3.63, 3.8) is 0 Å². The summed E-state index contributed by atoms with van der Waals surface area (Å²) in [6, 6.07) is 21.1. The third-order valence-electron chi connectivity index (χ3n) is 4.56. The molecule has 0 aliphatic carbocycles. The number of Topliss-reactive ketones (excluding diaryl/α,β-unsaturated/α-hetero) is 1. The van der Waals surface area contributed by atoms with Gasteiger partial charge in [-0.3, -0.25) is 4.79 Å². The molecule has 0 spiro atoms. The van der Waals surface area contributed by atoms with E-state index in [-0.39, 0.29) is 5.92 Å². The minimum Gasteiger partial charge on any atom is -0.307 e. The maximum absolute atomic E-state index is 12.5. The quantitative estimate of drug-likeness (QED) is 0.715. The SMILES string of the molecule is CC(CCC(=O)CC(c1ccccc1)c1ccccc1)N(C)C. The number of hydrogen-bond donors (Lipinski definition) is 0. The van der Waals surface area contributed by atoms with Crippen LogP contribution in [-0.2, 0) is 4.79 Å². The molecule has 2 aromatic carbocycles. The van der Waals surface area contributed by atoms with Crippen molar-refractivity contribution in [3.05, 3.63) is 71.8 Å². The van der Waals surface area contributed by atoms with E-state index in [0.29, 0.717) is 24.7 Å². The van der Waals surface area contributed by atoms with Gasteiger partial charge in [0.25, 0.3) is 0 Å². The van der Waals surface area contributed by atoms with Gasteiger partial charge in [0.2, 0.25) is 0 Å². The van der Waals surface area contributed by atoms with E-state index in [1.807, 2.05) is 36.4 Å². The Morgan fingerprint density at radius 1 is 0.913 bits per heavy atom. The first-order chi connectivity index (χ1) is 11.1. The average Bonchev–Trinajstić information content (AvgIpc) is 2.59. The van der Waals surface area contributed by atoms with Gasteiger partial charge in [-0.05, 0) is 38.6 Å². The van der Waals surface area contributed by atoms with Gasteiger partial charge in [0.05, 0.1) is 0 Å². The van der Waals surface area contributed by atoms with Gasteiger partial charge in [0.1, 0.15) is 5.78 Å². The molecule has 1 atom stereocenters. The third kappa shape index (κ3) is 5.33. The zero-order chi connectivity index (χ0) is 16.7. The maximum Gasteiger partial charge on any atom is 0.133 e. The van der Waals surface area contributed by atoms with Crippen LogP contribution < -0.4 is 0 Å².